The van der Waals surface area contributed by atoms with Gasteiger partial charge in [-0.15, -0.1) is 0 Å². The average Bonchev–Trinajstić information content (AvgIpc) is 2.35. The Labute approximate surface area is 101 Å². The highest BCUT2D eigenvalue weighted by Crippen LogP contribution is 2.25. The van der Waals surface area contributed by atoms with Gasteiger partial charge in [0.2, 0.25) is 0 Å². The maximum absolute atomic E-state index is 6.34. The molecule has 1 fully saturated rings. The molecule has 0 aliphatic carbocycles. The summed E-state index contributed by atoms with van der Waals surface area (Å²) in [5.74, 6) is 1.56. The summed E-state index contributed by atoms with van der Waals surface area (Å²) in [5.41, 5.74) is 6.34. The van der Waals surface area contributed by atoms with E-state index in [2.05, 4.69) is 13.8 Å². The van der Waals surface area contributed by atoms with Gasteiger partial charge in [0.1, 0.15) is 0 Å². The first-order chi connectivity index (χ1) is 7.77. The van der Waals surface area contributed by atoms with Crippen LogP contribution in [0.15, 0.2) is 0 Å². The van der Waals surface area contributed by atoms with E-state index in [1.54, 1.807) is 0 Å². The van der Waals surface area contributed by atoms with E-state index in [-0.39, 0.29) is 0 Å². The highest BCUT2D eigenvalue weighted by molar-refractivity contribution is 4.78. The van der Waals surface area contributed by atoms with Gasteiger partial charge in [-0.05, 0) is 31.1 Å². The van der Waals surface area contributed by atoms with E-state index < -0.39 is 0 Å². The second-order valence-electron chi connectivity index (χ2n) is 5.27. The molecule has 1 aliphatic heterocycles. The number of unbranched alkanes of at least 4 members (excludes halogenated alkanes) is 1. The van der Waals surface area contributed by atoms with Gasteiger partial charge in [-0.2, -0.15) is 0 Å². The van der Waals surface area contributed by atoms with E-state index in [1.165, 1.54) is 44.9 Å². The van der Waals surface area contributed by atoms with Gasteiger partial charge in [-0.1, -0.05) is 39.5 Å². The number of hydrogen-bond donors (Lipinski definition) is 1. The zero-order valence-corrected chi connectivity index (χ0v) is 11.1. The van der Waals surface area contributed by atoms with Crippen LogP contribution in [-0.4, -0.2) is 19.3 Å². The Morgan fingerprint density at radius 3 is 2.50 bits per heavy atom. The molecular formula is C14H29NO. The van der Waals surface area contributed by atoms with Gasteiger partial charge in [-0.3, -0.25) is 0 Å². The summed E-state index contributed by atoms with van der Waals surface area (Å²) in [5, 5.41) is 0. The van der Waals surface area contributed by atoms with E-state index in [0.717, 1.165) is 19.1 Å². The van der Waals surface area contributed by atoms with E-state index in [4.69, 9.17) is 10.5 Å². The first kappa shape index (κ1) is 14.0. The average molecular weight is 227 g/mol. The van der Waals surface area contributed by atoms with E-state index >= 15 is 0 Å². The predicted molar refractivity (Wildman–Crippen MR) is 69.4 cm³/mol. The van der Waals surface area contributed by atoms with Crippen molar-refractivity contribution in [3.8, 4) is 0 Å². The van der Waals surface area contributed by atoms with Crippen molar-refractivity contribution in [3.63, 3.8) is 0 Å². The normalized spacial score (nSPS) is 21.9. The van der Waals surface area contributed by atoms with E-state index in [9.17, 15) is 0 Å². The van der Waals surface area contributed by atoms with Crippen LogP contribution in [0.4, 0.5) is 0 Å². The van der Waals surface area contributed by atoms with Crippen molar-refractivity contribution in [1.82, 2.24) is 0 Å². The Balaban J connectivity index is 2.26. The van der Waals surface area contributed by atoms with Crippen LogP contribution in [0.3, 0.4) is 0 Å². The zero-order chi connectivity index (χ0) is 11.8. The molecule has 1 saturated heterocycles. The molecular weight excluding hydrogens is 198 g/mol. The highest BCUT2D eigenvalue weighted by atomic mass is 16.5. The smallest absolute Gasteiger partial charge is 0.0469 e. The minimum atomic E-state index is 0.408. The van der Waals surface area contributed by atoms with E-state index in [1.807, 2.05) is 0 Å². The van der Waals surface area contributed by atoms with Crippen LogP contribution >= 0.6 is 0 Å². The minimum absolute atomic E-state index is 0.408. The number of ether oxygens (including phenoxy) is 1. The van der Waals surface area contributed by atoms with Crippen molar-refractivity contribution in [2.24, 2.45) is 17.6 Å². The Morgan fingerprint density at radius 2 is 1.94 bits per heavy atom. The van der Waals surface area contributed by atoms with Crippen LogP contribution in [0.5, 0.6) is 0 Å². The van der Waals surface area contributed by atoms with Crippen LogP contribution in [0.2, 0.25) is 0 Å². The van der Waals surface area contributed by atoms with Crippen molar-refractivity contribution in [1.29, 1.82) is 0 Å². The second-order valence-corrected chi connectivity index (χ2v) is 5.27. The third-order valence-electron chi connectivity index (χ3n) is 4.02. The number of rotatable bonds is 7. The molecule has 96 valence electrons. The molecule has 2 atom stereocenters. The van der Waals surface area contributed by atoms with Crippen LogP contribution in [0, 0.1) is 11.8 Å². The van der Waals surface area contributed by atoms with Gasteiger partial charge in [0, 0.05) is 19.3 Å². The Hall–Kier alpha value is -0.0800. The lowest BCUT2D eigenvalue weighted by Crippen LogP contribution is -2.35. The molecule has 0 bridgehead atoms. The Kier molecular flexibility index (Phi) is 7.06. The van der Waals surface area contributed by atoms with Crippen molar-refractivity contribution in [2.75, 3.05) is 13.2 Å². The Morgan fingerprint density at radius 1 is 1.25 bits per heavy atom. The summed E-state index contributed by atoms with van der Waals surface area (Å²) in [4.78, 5) is 0. The fourth-order valence-electron chi connectivity index (χ4n) is 2.70. The lowest BCUT2D eigenvalue weighted by molar-refractivity contribution is 0.0552. The standard InChI is InChI=1S/C14H29NO/c1-3-5-6-12(4-2)11-14(15)13-7-9-16-10-8-13/h12-14H,3-11,15H2,1-2H3. The summed E-state index contributed by atoms with van der Waals surface area (Å²) >= 11 is 0. The second kappa shape index (κ2) is 8.08. The first-order valence-electron chi connectivity index (χ1n) is 7.11. The van der Waals surface area contributed by atoms with Gasteiger partial charge in [-0.25, -0.2) is 0 Å². The summed E-state index contributed by atoms with van der Waals surface area (Å²) in [6.07, 6.45) is 8.89. The topological polar surface area (TPSA) is 35.2 Å². The molecule has 2 heteroatoms. The van der Waals surface area contributed by atoms with Gasteiger partial charge >= 0.3 is 0 Å². The third-order valence-corrected chi connectivity index (χ3v) is 4.02. The lowest BCUT2D eigenvalue weighted by Gasteiger charge is -2.30. The van der Waals surface area contributed by atoms with Gasteiger partial charge in [0.05, 0.1) is 0 Å². The van der Waals surface area contributed by atoms with Crippen LogP contribution in [0.1, 0.15) is 58.8 Å². The fraction of sp³-hybridized carbons (Fsp3) is 1.00. The summed E-state index contributed by atoms with van der Waals surface area (Å²) < 4.78 is 5.39. The SMILES string of the molecule is CCCCC(CC)CC(N)C1CCOCC1. The maximum atomic E-state index is 6.34. The third kappa shape index (κ3) is 4.84. The fourth-order valence-corrected chi connectivity index (χ4v) is 2.70. The highest BCUT2D eigenvalue weighted by Gasteiger charge is 2.22. The molecule has 0 radical (unpaired) electrons. The van der Waals surface area contributed by atoms with Crippen molar-refractivity contribution in [2.45, 2.75) is 64.8 Å². The van der Waals surface area contributed by atoms with E-state index in [0.29, 0.717) is 12.0 Å². The first-order valence-corrected chi connectivity index (χ1v) is 7.11. The lowest BCUT2D eigenvalue weighted by atomic mass is 9.84. The van der Waals surface area contributed by atoms with Gasteiger partial charge in [0.25, 0.3) is 0 Å². The number of hydrogen-bond acceptors (Lipinski definition) is 2. The minimum Gasteiger partial charge on any atom is -0.381 e. The summed E-state index contributed by atoms with van der Waals surface area (Å²) in [7, 11) is 0. The summed E-state index contributed by atoms with van der Waals surface area (Å²) in [6.45, 7) is 6.41. The largest absolute Gasteiger partial charge is 0.381 e. The van der Waals surface area contributed by atoms with Gasteiger partial charge in [0.15, 0.2) is 0 Å². The molecule has 0 aromatic heterocycles. The molecule has 2 unspecified atom stereocenters. The molecule has 0 aromatic carbocycles. The van der Waals surface area contributed by atoms with Crippen molar-refractivity contribution < 1.29 is 4.74 Å². The van der Waals surface area contributed by atoms with Crippen molar-refractivity contribution >= 4 is 0 Å². The van der Waals surface area contributed by atoms with Crippen LogP contribution in [-0.2, 0) is 4.74 Å². The molecule has 0 amide bonds. The molecule has 0 saturated carbocycles. The molecule has 1 heterocycles. The molecule has 1 aliphatic rings. The number of nitrogens with two attached hydrogens (primary N) is 1. The zero-order valence-electron chi connectivity index (χ0n) is 11.1. The monoisotopic (exact) mass is 227 g/mol. The van der Waals surface area contributed by atoms with Gasteiger partial charge < -0.3 is 10.5 Å². The molecule has 0 aromatic rings. The molecule has 16 heavy (non-hydrogen) atoms. The Bertz CT molecular complexity index is 166. The molecule has 2 nitrogen and oxygen atoms in total. The van der Waals surface area contributed by atoms with Crippen molar-refractivity contribution in [3.05, 3.63) is 0 Å². The molecule has 1 rings (SSSR count). The maximum Gasteiger partial charge on any atom is 0.0469 e. The predicted octanol–water partition coefficient (Wildman–Crippen LogP) is 3.35. The quantitative estimate of drug-likeness (QED) is 0.724. The van der Waals surface area contributed by atoms with Crippen LogP contribution < -0.4 is 5.73 Å². The van der Waals surface area contributed by atoms with Crippen LogP contribution in [0.25, 0.3) is 0 Å². The molecule has 2 N–H and O–H groups in total. The molecule has 0 spiro atoms. The summed E-state index contributed by atoms with van der Waals surface area (Å²) in [6, 6.07) is 0.408.